The summed E-state index contributed by atoms with van der Waals surface area (Å²) in [5, 5.41) is 10.5. The fourth-order valence-electron chi connectivity index (χ4n) is 16.6. The Hall–Kier alpha value is -11.4. The number of rotatable bonds is 9. The Bertz CT molecular complexity index is 5340. The van der Waals surface area contributed by atoms with E-state index in [1.54, 1.807) is 0 Å². The molecule has 0 N–H and O–H groups in total. The third-order valence-electron chi connectivity index (χ3n) is 22.0. The van der Waals surface area contributed by atoms with Gasteiger partial charge in [-0.1, -0.05) is 319 Å². The predicted octanol–water partition coefficient (Wildman–Crippen LogP) is 26.5. The highest BCUT2D eigenvalue weighted by Gasteiger charge is 2.38. The maximum atomic E-state index is 2.47. The summed E-state index contributed by atoms with van der Waals surface area (Å²) < 4.78 is 0. The maximum Gasteiger partial charge on any atom is 0.0159 e. The van der Waals surface area contributed by atoms with Crippen LogP contribution >= 0.6 is 0 Å². The molecule has 0 heterocycles. The van der Waals surface area contributed by atoms with Crippen LogP contribution in [0.1, 0.15) is 61.1 Å². The van der Waals surface area contributed by atoms with E-state index in [0.717, 1.165) is 0 Å². The zero-order valence-corrected chi connectivity index (χ0v) is 55.0. The van der Waals surface area contributed by atoms with Crippen molar-refractivity contribution in [1.29, 1.82) is 0 Å². The molecule has 0 aromatic heterocycles. The quantitative estimate of drug-likeness (QED) is 0.126. The van der Waals surface area contributed by atoms with Gasteiger partial charge in [0.2, 0.25) is 0 Å². The lowest BCUT2D eigenvalue weighted by atomic mass is 9.79. The van der Waals surface area contributed by atoms with Crippen molar-refractivity contribution in [3.63, 3.8) is 0 Å². The van der Waals surface area contributed by atoms with Crippen LogP contribution in [0.2, 0.25) is 0 Å². The molecule has 0 saturated heterocycles. The van der Waals surface area contributed by atoms with E-state index < -0.39 is 0 Å². The molecule has 0 unspecified atom stereocenters. The second-order valence-electron chi connectivity index (χ2n) is 27.9. The van der Waals surface area contributed by atoms with Crippen LogP contribution in [0.4, 0.5) is 0 Å². The number of fused-ring (bicyclic) bond motifs is 10. The van der Waals surface area contributed by atoms with Crippen molar-refractivity contribution in [1.82, 2.24) is 0 Å². The highest BCUT2D eigenvalue weighted by atomic mass is 14.4. The highest BCUT2D eigenvalue weighted by molar-refractivity contribution is 6.16. The number of aryl methyl sites for hydroxylation is 2. The van der Waals surface area contributed by atoms with E-state index in [1.807, 2.05) is 0 Å². The van der Waals surface area contributed by atoms with E-state index in [-0.39, 0.29) is 10.8 Å². The molecule has 0 radical (unpaired) electrons. The lowest BCUT2D eigenvalue weighted by Crippen LogP contribution is -2.15. The fourth-order valence-corrected chi connectivity index (χ4v) is 16.6. The lowest BCUT2D eigenvalue weighted by molar-refractivity contribution is 0.660. The van der Waals surface area contributed by atoms with Gasteiger partial charge in [-0.25, -0.2) is 0 Å². The summed E-state index contributed by atoms with van der Waals surface area (Å²) in [5.41, 5.74) is 35.4. The molecule has 16 aromatic carbocycles. The van der Waals surface area contributed by atoms with E-state index in [4.69, 9.17) is 0 Å². The van der Waals surface area contributed by atoms with Gasteiger partial charge < -0.3 is 0 Å². The van der Waals surface area contributed by atoms with Gasteiger partial charge in [0.05, 0.1) is 0 Å². The molecule has 0 spiro atoms. The van der Waals surface area contributed by atoms with Crippen LogP contribution in [0.25, 0.3) is 165 Å². The van der Waals surface area contributed by atoms with Crippen LogP contribution < -0.4 is 0 Å². The van der Waals surface area contributed by atoms with Crippen molar-refractivity contribution < 1.29 is 0 Å². The second kappa shape index (κ2) is 22.1. The highest BCUT2D eigenvalue weighted by Crippen LogP contribution is 2.54. The second-order valence-corrected chi connectivity index (χ2v) is 27.9. The Morgan fingerprint density at radius 2 is 0.323 bits per heavy atom. The van der Waals surface area contributed by atoms with Crippen molar-refractivity contribution in [2.45, 2.75) is 52.4 Å². The van der Waals surface area contributed by atoms with E-state index in [1.165, 1.54) is 199 Å². The van der Waals surface area contributed by atoms with E-state index in [9.17, 15) is 0 Å². The topological polar surface area (TPSA) is 0 Å². The van der Waals surface area contributed by atoms with Crippen molar-refractivity contribution in [3.8, 4) is 122 Å². The van der Waals surface area contributed by atoms with Gasteiger partial charge in [0.1, 0.15) is 0 Å². The summed E-state index contributed by atoms with van der Waals surface area (Å²) in [6.07, 6.45) is 0. The molecule has 16 aromatic rings. The molecule has 2 aliphatic rings. The lowest BCUT2D eigenvalue weighted by Gasteiger charge is -2.24. The first-order chi connectivity index (χ1) is 46.9. The van der Waals surface area contributed by atoms with Crippen LogP contribution in [0.3, 0.4) is 0 Å². The average Bonchev–Trinajstić information content (AvgIpc) is 1.31. The minimum Gasteiger partial charge on any atom is -0.0616 e. The molecule has 18 rings (SSSR count). The van der Waals surface area contributed by atoms with Crippen LogP contribution in [0.15, 0.2) is 315 Å². The number of benzene rings is 16. The number of hydrogen-bond acceptors (Lipinski definition) is 0. The van der Waals surface area contributed by atoms with Gasteiger partial charge >= 0.3 is 0 Å². The third-order valence-corrected chi connectivity index (χ3v) is 22.0. The summed E-state index contributed by atoms with van der Waals surface area (Å²) in [6, 6.07) is 118. The van der Waals surface area contributed by atoms with Crippen molar-refractivity contribution in [2.75, 3.05) is 0 Å². The zero-order chi connectivity index (χ0) is 64.6. The van der Waals surface area contributed by atoms with Crippen LogP contribution in [-0.2, 0) is 10.8 Å². The molecule has 96 heavy (non-hydrogen) atoms. The van der Waals surface area contributed by atoms with Gasteiger partial charge in [-0.05, 0) is 237 Å². The van der Waals surface area contributed by atoms with Crippen LogP contribution in [0.5, 0.6) is 0 Å². The predicted molar refractivity (Wildman–Crippen MR) is 410 cm³/mol. The largest absolute Gasteiger partial charge is 0.0616 e. The first-order valence-electron chi connectivity index (χ1n) is 33.9. The van der Waals surface area contributed by atoms with Crippen LogP contribution in [-0.4, -0.2) is 0 Å². The smallest absolute Gasteiger partial charge is 0.0159 e. The van der Waals surface area contributed by atoms with Gasteiger partial charge in [-0.2, -0.15) is 0 Å². The first-order valence-corrected chi connectivity index (χ1v) is 33.9. The molecule has 0 bridgehead atoms. The summed E-state index contributed by atoms with van der Waals surface area (Å²) in [7, 11) is 0. The van der Waals surface area contributed by atoms with Crippen molar-refractivity contribution in [2.24, 2.45) is 0 Å². The van der Waals surface area contributed by atoms with E-state index in [2.05, 4.69) is 357 Å². The van der Waals surface area contributed by atoms with Crippen molar-refractivity contribution in [3.05, 3.63) is 349 Å². The zero-order valence-electron chi connectivity index (χ0n) is 55.0. The Kier molecular flexibility index (Phi) is 13.2. The average molecular weight is 1220 g/mol. The molecule has 0 nitrogen and oxygen atoms in total. The SMILES string of the molecule is Cc1c2ccccc2c(-c2ccc(-c3ccc(-c4ccc(-c5ccc6c(c5)C(C)(C)c5cc(-c7ccc8c(c7)C(C)(C)c7cc(-c9ccc(-c%10ccc(-c%11ccc(-c%12c%13ccccc%13c(C)c%13ccccc%12%13)cc%11)cc%10)cc9)ccc7-8)ccc5-6)cc4)cc3)cc2)c2ccccc12. The minimum atomic E-state index is -0.169. The Morgan fingerprint density at radius 3 is 0.531 bits per heavy atom. The van der Waals surface area contributed by atoms with E-state index in [0.29, 0.717) is 0 Å². The van der Waals surface area contributed by atoms with Gasteiger partial charge in [0.15, 0.2) is 0 Å². The monoisotopic (exact) mass is 1220 g/mol. The molecule has 2 aliphatic carbocycles. The van der Waals surface area contributed by atoms with Gasteiger partial charge in [0, 0.05) is 10.8 Å². The Labute approximate surface area is 563 Å². The molecule has 454 valence electrons. The normalized spacial score (nSPS) is 13.3. The summed E-state index contributed by atoms with van der Waals surface area (Å²) in [6.45, 7) is 14.1. The third kappa shape index (κ3) is 9.18. The number of hydrogen-bond donors (Lipinski definition) is 0. The molecule has 0 amide bonds. The molecular formula is C96H70. The first kappa shape index (κ1) is 57.2. The standard InChI is InChI=1S/C96H70/c1-59-77-15-7-11-19-85(77)93(86-20-12-8-16-78(59)86)71-43-39-67(40-44-71)63-27-23-61(24-28-63)65-31-35-69(36-32-65)73-47-51-81-83-53-49-75(57-91(83)95(3,4)89(81)55-73)76-50-54-84-82-52-48-74(56-90(82)96(5,6)92(84)58-76)70-37-33-66(34-38-70)62-25-29-64(30-26-62)68-41-45-72(46-42-68)94-87-21-13-9-17-79(87)60(2)80-18-10-14-22-88(80)94/h7-58H,1-6H3. The molecule has 0 aliphatic heterocycles. The molecule has 0 heteroatoms. The van der Waals surface area contributed by atoms with E-state index >= 15 is 0 Å². The fraction of sp³-hybridized carbons (Fsp3) is 0.0833. The summed E-state index contributed by atoms with van der Waals surface area (Å²) in [5.74, 6) is 0. The summed E-state index contributed by atoms with van der Waals surface area (Å²) >= 11 is 0. The molecule has 0 fully saturated rings. The van der Waals surface area contributed by atoms with Gasteiger partial charge in [-0.15, -0.1) is 0 Å². The van der Waals surface area contributed by atoms with Gasteiger partial charge in [-0.3, -0.25) is 0 Å². The molecule has 0 saturated carbocycles. The van der Waals surface area contributed by atoms with Crippen LogP contribution in [0, 0.1) is 13.8 Å². The van der Waals surface area contributed by atoms with Crippen molar-refractivity contribution >= 4 is 43.1 Å². The molecular weight excluding hydrogens is 1150 g/mol. The summed E-state index contributed by atoms with van der Waals surface area (Å²) in [4.78, 5) is 0. The Morgan fingerprint density at radius 1 is 0.167 bits per heavy atom. The maximum absolute atomic E-state index is 2.47. The Balaban J connectivity index is 0.546. The van der Waals surface area contributed by atoms with Gasteiger partial charge in [0.25, 0.3) is 0 Å². The molecule has 0 atom stereocenters. The minimum absolute atomic E-state index is 0.169.